The largest absolute Gasteiger partial charge is 0.466 e. The molecular weight excluding hydrogens is 334 g/mol. The highest BCUT2D eigenvalue weighted by molar-refractivity contribution is 5.95. The third kappa shape index (κ3) is 4.72. The molecule has 2 rings (SSSR count). The van der Waals surface area contributed by atoms with E-state index in [9.17, 15) is 9.59 Å². The fourth-order valence-corrected chi connectivity index (χ4v) is 2.76. The summed E-state index contributed by atoms with van der Waals surface area (Å²) in [5.74, 6) is 1.34. The molecule has 1 aromatic rings. The van der Waals surface area contributed by atoms with Crippen LogP contribution in [-0.4, -0.2) is 67.6 Å². The van der Waals surface area contributed by atoms with Crippen molar-refractivity contribution >= 4 is 24.2 Å². The summed E-state index contributed by atoms with van der Waals surface area (Å²) in [5, 5.41) is 0. The van der Waals surface area contributed by atoms with Gasteiger partial charge in [0.25, 0.3) is 5.91 Å². The van der Waals surface area contributed by atoms with E-state index in [2.05, 4.69) is 0 Å². The zero-order valence-electron chi connectivity index (χ0n) is 14.4. The lowest BCUT2D eigenvalue weighted by Gasteiger charge is -2.35. The first-order valence-corrected chi connectivity index (χ1v) is 7.83. The highest BCUT2D eigenvalue weighted by atomic mass is 35.5. The Bertz CT molecular complexity index is 564. The third-order valence-corrected chi connectivity index (χ3v) is 4.19. The normalized spacial score (nSPS) is 15.8. The summed E-state index contributed by atoms with van der Waals surface area (Å²) in [7, 11) is 1.55. The molecule has 1 aromatic heterocycles. The van der Waals surface area contributed by atoms with Crippen molar-refractivity contribution in [1.29, 1.82) is 0 Å². The van der Waals surface area contributed by atoms with Crippen molar-refractivity contribution in [2.75, 3.05) is 39.8 Å². The quantitative estimate of drug-likeness (QED) is 0.846. The van der Waals surface area contributed by atoms with Gasteiger partial charge in [0.1, 0.15) is 11.5 Å². The van der Waals surface area contributed by atoms with Crippen molar-refractivity contribution in [3.63, 3.8) is 0 Å². The SMILES string of the molecule is COC(CN)CC(=O)N1CCN(C(=O)c2cc(C)oc2C)CC1.Cl. The Morgan fingerprint density at radius 3 is 2.29 bits per heavy atom. The van der Waals surface area contributed by atoms with Crippen LogP contribution in [0.1, 0.15) is 28.3 Å². The molecule has 2 N–H and O–H groups in total. The predicted molar refractivity (Wildman–Crippen MR) is 92.4 cm³/mol. The van der Waals surface area contributed by atoms with Gasteiger partial charge in [0.15, 0.2) is 0 Å². The summed E-state index contributed by atoms with van der Waals surface area (Å²) in [4.78, 5) is 28.2. The Morgan fingerprint density at radius 1 is 1.25 bits per heavy atom. The van der Waals surface area contributed by atoms with Gasteiger partial charge in [0.2, 0.25) is 5.91 Å². The van der Waals surface area contributed by atoms with Crippen LogP contribution in [0.3, 0.4) is 0 Å². The number of hydrogen-bond donors (Lipinski definition) is 1. The number of amides is 2. The van der Waals surface area contributed by atoms with Gasteiger partial charge < -0.3 is 24.7 Å². The second kappa shape index (κ2) is 9.05. The van der Waals surface area contributed by atoms with Gasteiger partial charge in [-0.1, -0.05) is 0 Å². The first kappa shape index (κ1) is 20.5. The van der Waals surface area contributed by atoms with Crippen LogP contribution in [-0.2, 0) is 9.53 Å². The summed E-state index contributed by atoms with van der Waals surface area (Å²) >= 11 is 0. The highest BCUT2D eigenvalue weighted by Gasteiger charge is 2.27. The first-order chi connectivity index (χ1) is 11.0. The monoisotopic (exact) mass is 359 g/mol. The minimum absolute atomic E-state index is 0. The van der Waals surface area contributed by atoms with E-state index in [4.69, 9.17) is 14.9 Å². The lowest BCUT2D eigenvalue weighted by molar-refractivity contribution is -0.135. The van der Waals surface area contributed by atoms with Crippen molar-refractivity contribution in [3.8, 4) is 0 Å². The Labute approximate surface area is 148 Å². The van der Waals surface area contributed by atoms with Crippen LogP contribution in [0.15, 0.2) is 10.5 Å². The number of halogens is 1. The van der Waals surface area contributed by atoms with Crippen molar-refractivity contribution in [2.24, 2.45) is 5.73 Å². The molecule has 0 spiro atoms. The molecule has 0 radical (unpaired) electrons. The molecule has 0 aromatic carbocycles. The Kier molecular flexibility index (Phi) is 7.72. The number of carbonyl (C=O) groups is 2. The molecule has 1 aliphatic heterocycles. The van der Waals surface area contributed by atoms with E-state index in [0.717, 1.165) is 5.76 Å². The predicted octanol–water partition coefficient (Wildman–Crippen LogP) is 0.966. The number of methoxy groups -OCH3 is 1. The first-order valence-electron chi connectivity index (χ1n) is 7.83. The summed E-state index contributed by atoms with van der Waals surface area (Å²) in [6.45, 7) is 6.04. The molecule has 1 fully saturated rings. The van der Waals surface area contributed by atoms with Gasteiger partial charge in [0, 0.05) is 39.8 Å². The molecule has 24 heavy (non-hydrogen) atoms. The number of carbonyl (C=O) groups excluding carboxylic acids is 2. The van der Waals surface area contributed by atoms with Gasteiger partial charge in [-0.25, -0.2) is 0 Å². The molecule has 8 heteroatoms. The van der Waals surface area contributed by atoms with Crippen molar-refractivity contribution in [1.82, 2.24) is 9.80 Å². The Hall–Kier alpha value is -1.57. The molecule has 1 saturated heterocycles. The molecular formula is C16H26ClN3O4. The van der Waals surface area contributed by atoms with E-state index in [0.29, 0.717) is 44.0 Å². The lowest BCUT2D eigenvalue weighted by Crippen LogP contribution is -2.51. The van der Waals surface area contributed by atoms with Gasteiger partial charge in [-0.2, -0.15) is 0 Å². The second-order valence-corrected chi connectivity index (χ2v) is 5.80. The Morgan fingerprint density at radius 2 is 1.83 bits per heavy atom. The molecule has 136 valence electrons. The second-order valence-electron chi connectivity index (χ2n) is 5.80. The molecule has 1 unspecified atom stereocenters. The van der Waals surface area contributed by atoms with Gasteiger partial charge >= 0.3 is 0 Å². The smallest absolute Gasteiger partial charge is 0.257 e. The fraction of sp³-hybridized carbons (Fsp3) is 0.625. The van der Waals surface area contributed by atoms with Gasteiger partial charge in [0.05, 0.1) is 18.1 Å². The Balaban J connectivity index is 0.00000288. The molecule has 1 aliphatic rings. The molecule has 1 atom stereocenters. The van der Waals surface area contributed by atoms with Crippen molar-refractivity contribution < 1.29 is 18.7 Å². The number of ether oxygens (including phenoxy) is 1. The van der Waals surface area contributed by atoms with Crippen LogP contribution in [0, 0.1) is 13.8 Å². The van der Waals surface area contributed by atoms with E-state index in [1.807, 2.05) is 6.92 Å². The average molecular weight is 360 g/mol. The maximum atomic E-state index is 12.5. The highest BCUT2D eigenvalue weighted by Crippen LogP contribution is 2.17. The van der Waals surface area contributed by atoms with Crippen molar-refractivity contribution in [3.05, 3.63) is 23.2 Å². The molecule has 7 nitrogen and oxygen atoms in total. The maximum Gasteiger partial charge on any atom is 0.257 e. The number of nitrogens with zero attached hydrogens (tertiary/aromatic N) is 2. The third-order valence-electron chi connectivity index (χ3n) is 4.19. The average Bonchev–Trinajstić information content (AvgIpc) is 2.90. The number of hydrogen-bond acceptors (Lipinski definition) is 5. The van der Waals surface area contributed by atoms with Gasteiger partial charge in [-0.3, -0.25) is 9.59 Å². The number of piperazine rings is 1. The van der Waals surface area contributed by atoms with Crippen LogP contribution < -0.4 is 5.73 Å². The lowest BCUT2D eigenvalue weighted by atomic mass is 10.1. The number of aryl methyl sites for hydroxylation is 2. The zero-order chi connectivity index (χ0) is 17.0. The van der Waals surface area contributed by atoms with E-state index in [1.54, 1.807) is 29.9 Å². The minimum Gasteiger partial charge on any atom is -0.466 e. The molecule has 0 bridgehead atoms. The van der Waals surface area contributed by atoms with Crippen LogP contribution in [0.4, 0.5) is 0 Å². The topological polar surface area (TPSA) is 89.0 Å². The standard InChI is InChI=1S/C16H25N3O4.ClH/c1-11-8-14(12(2)23-11)16(21)19-6-4-18(5-7-19)15(20)9-13(10-17)22-3;/h8,13H,4-7,9-10,17H2,1-3H3;1H. The van der Waals surface area contributed by atoms with Crippen LogP contribution in [0.5, 0.6) is 0 Å². The van der Waals surface area contributed by atoms with E-state index in [1.165, 1.54) is 0 Å². The van der Waals surface area contributed by atoms with Crippen LogP contribution in [0.25, 0.3) is 0 Å². The summed E-state index contributed by atoms with van der Waals surface area (Å²) in [6.07, 6.45) is 0.0276. The van der Waals surface area contributed by atoms with E-state index >= 15 is 0 Å². The zero-order valence-corrected chi connectivity index (χ0v) is 15.2. The number of rotatable bonds is 5. The van der Waals surface area contributed by atoms with Crippen LogP contribution in [0.2, 0.25) is 0 Å². The van der Waals surface area contributed by atoms with Crippen molar-refractivity contribution in [2.45, 2.75) is 26.4 Å². The number of nitrogens with two attached hydrogens (primary N) is 1. The number of furan rings is 1. The van der Waals surface area contributed by atoms with E-state index in [-0.39, 0.29) is 36.7 Å². The summed E-state index contributed by atoms with van der Waals surface area (Å²) in [5.41, 5.74) is 6.15. The summed E-state index contributed by atoms with van der Waals surface area (Å²) in [6, 6.07) is 1.76. The molecule has 0 aliphatic carbocycles. The van der Waals surface area contributed by atoms with E-state index < -0.39 is 0 Å². The van der Waals surface area contributed by atoms with Gasteiger partial charge in [-0.15, -0.1) is 12.4 Å². The minimum atomic E-state index is -0.251. The molecule has 0 saturated carbocycles. The molecule has 2 heterocycles. The summed E-state index contributed by atoms with van der Waals surface area (Å²) < 4.78 is 10.6. The molecule has 2 amide bonds. The fourth-order valence-electron chi connectivity index (χ4n) is 2.76. The maximum absolute atomic E-state index is 12.5. The van der Waals surface area contributed by atoms with Crippen LogP contribution >= 0.6 is 12.4 Å². The van der Waals surface area contributed by atoms with Gasteiger partial charge in [-0.05, 0) is 19.9 Å².